The van der Waals surface area contributed by atoms with Crippen LogP contribution in [0.2, 0.25) is 0 Å². The van der Waals surface area contributed by atoms with E-state index in [0.29, 0.717) is 0 Å². The number of ether oxygens (including phenoxy) is 1. The molecule has 1 fully saturated rings. The molecule has 10 heavy (non-hydrogen) atoms. The Labute approximate surface area is 62.4 Å². The Kier molecular flexibility index (Phi) is 2.55. The highest BCUT2D eigenvalue weighted by Crippen LogP contribution is 2.24. The maximum Gasteiger partial charge on any atom is 0.119 e. The van der Waals surface area contributed by atoms with Gasteiger partial charge in [0, 0.05) is 0 Å². The molecule has 1 unspecified atom stereocenters. The third-order valence-corrected chi connectivity index (χ3v) is 1.93. The van der Waals surface area contributed by atoms with Crippen molar-refractivity contribution in [2.75, 3.05) is 0 Å². The first-order valence-electron chi connectivity index (χ1n) is 3.78. The van der Waals surface area contributed by atoms with Crippen LogP contribution in [-0.4, -0.2) is 6.10 Å². The van der Waals surface area contributed by atoms with Gasteiger partial charge in [0.05, 0.1) is 6.26 Å². The smallest absolute Gasteiger partial charge is 0.119 e. The minimum Gasteiger partial charge on any atom is -0.494 e. The maximum absolute atomic E-state index is 5.26. The predicted molar refractivity (Wildman–Crippen MR) is 42.7 cm³/mol. The van der Waals surface area contributed by atoms with Crippen LogP contribution in [0.4, 0.5) is 0 Å². The lowest BCUT2D eigenvalue weighted by Gasteiger charge is -2.23. The normalized spacial score (nSPS) is 26.0. The molecule has 0 saturated heterocycles. The van der Waals surface area contributed by atoms with E-state index in [4.69, 9.17) is 4.74 Å². The van der Waals surface area contributed by atoms with Gasteiger partial charge in [-0.1, -0.05) is 13.2 Å². The molecule has 0 spiro atoms. The minimum atomic E-state index is 0.256. The Morgan fingerprint density at radius 1 is 1.50 bits per heavy atom. The summed E-state index contributed by atoms with van der Waals surface area (Å²) in [5.41, 5.74) is 1.23. The van der Waals surface area contributed by atoms with Crippen molar-refractivity contribution in [3.8, 4) is 0 Å². The van der Waals surface area contributed by atoms with Crippen molar-refractivity contribution in [3.63, 3.8) is 0 Å². The van der Waals surface area contributed by atoms with Crippen molar-refractivity contribution in [2.45, 2.75) is 31.8 Å². The molecule has 0 bridgehead atoms. The van der Waals surface area contributed by atoms with E-state index in [9.17, 15) is 0 Å². The second kappa shape index (κ2) is 3.45. The van der Waals surface area contributed by atoms with E-state index in [1.165, 1.54) is 24.7 Å². The third-order valence-electron chi connectivity index (χ3n) is 1.93. The quantitative estimate of drug-likeness (QED) is 0.421. The molecule has 1 aliphatic rings. The minimum absolute atomic E-state index is 0.256. The van der Waals surface area contributed by atoms with Gasteiger partial charge in [0.25, 0.3) is 0 Å². The molecule has 0 N–H and O–H groups in total. The van der Waals surface area contributed by atoms with E-state index in [-0.39, 0.29) is 6.10 Å². The van der Waals surface area contributed by atoms with Gasteiger partial charge in [-0.05, 0) is 31.3 Å². The van der Waals surface area contributed by atoms with E-state index in [0.717, 1.165) is 12.8 Å². The second-order valence-electron chi connectivity index (χ2n) is 2.70. The number of rotatable bonds is 2. The van der Waals surface area contributed by atoms with E-state index in [1.54, 1.807) is 0 Å². The molecule has 0 aromatic heterocycles. The molecule has 56 valence electrons. The molecule has 0 radical (unpaired) electrons. The van der Waals surface area contributed by atoms with Gasteiger partial charge in [0.2, 0.25) is 0 Å². The first-order valence-corrected chi connectivity index (χ1v) is 3.78. The van der Waals surface area contributed by atoms with Gasteiger partial charge in [0.15, 0.2) is 0 Å². The molecular formula is C9H14O. The molecule has 1 rings (SSSR count). The van der Waals surface area contributed by atoms with Crippen LogP contribution in [0.3, 0.4) is 0 Å². The molecule has 1 nitrogen and oxygen atoms in total. The van der Waals surface area contributed by atoms with Crippen LogP contribution in [0, 0.1) is 0 Å². The SMILES string of the molecule is C=COC1CCCCC1=C. The van der Waals surface area contributed by atoms with Crippen LogP contribution in [-0.2, 0) is 4.74 Å². The summed E-state index contributed by atoms with van der Waals surface area (Å²) in [5.74, 6) is 0. The zero-order valence-corrected chi connectivity index (χ0v) is 6.31. The van der Waals surface area contributed by atoms with Crippen LogP contribution in [0.15, 0.2) is 25.0 Å². The van der Waals surface area contributed by atoms with Crippen molar-refractivity contribution >= 4 is 0 Å². The van der Waals surface area contributed by atoms with Crippen LogP contribution in [0.25, 0.3) is 0 Å². The van der Waals surface area contributed by atoms with Crippen LogP contribution < -0.4 is 0 Å². The first-order chi connectivity index (χ1) is 4.84. The summed E-state index contributed by atoms with van der Waals surface area (Å²) in [6.45, 7) is 7.47. The highest BCUT2D eigenvalue weighted by atomic mass is 16.5. The van der Waals surface area contributed by atoms with Gasteiger partial charge < -0.3 is 4.74 Å². The Hall–Kier alpha value is -0.720. The zero-order chi connectivity index (χ0) is 7.40. The first kappa shape index (κ1) is 7.39. The van der Waals surface area contributed by atoms with Crippen LogP contribution >= 0.6 is 0 Å². The number of hydrogen-bond donors (Lipinski definition) is 0. The summed E-state index contributed by atoms with van der Waals surface area (Å²) in [5, 5.41) is 0. The van der Waals surface area contributed by atoms with Crippen molar-refractivity contribution < 1.29 is 4.74 Å². The van der Waals surface area contributed by atoms with Crippen molar-refractivity contribution in [2.24, 2.45) is 0 Å². The van der Waals surface area contributed by atoms with Gasteiger partial charge in [-0.15, -0.1) is 0 Å². The van der Waals surface area contributed by atoms with E-state index < -0.39 is 0 Å². The van der Waals surface area contributed by atoms with E-state index in [2.05, 4.69) is 13.2 Å². The monoisotopic (exact) mass is 138 g/mol. The molecule has 1 heteroatoms. The lowest BCUT2D eigenvalue weighted by atomic mass is 9.93. The van der Waals surface area contributed by atoms with Crippen LogP contribution in [0.5, 0.6) is 0 Å². The van der Waals surface area contributed by atoms with Gasteiger partial charge >= 0.3 is 0 Å². The summed E-state index contributed by atoms with van der Waals surface area (Å²) < 4.78 is 5.26. The average Bonchev–Trinajstić information content (AvgIpc) is 1.94. The standard InChI is InChI=1S/C9H14O/c1-3-10-9-7-5-4-6-8(9)2/h3,9H,1-2,4-7H2. The van der Waals surface area contributed by atoms with Crippen molar-refractivity contribution in [1.82, 2.24) is 0 Å². The van der Waals surface area contributed by atoms with E-state index in [1.807, 2.05) is 0 Å². The molecular weight excluding hydrogens is 124 g/mol. The second-order valence-corrected chi connectivity index (χ2v) is 2.70. The molecule has 1 atom stereocenters. The molecule has 1 saturated carbocycles. The van der Waals surface area contributed by atoms with Crippen molar-refractivity contribution in [1.29, 1.82) is 0 Å². The third kappa shape index (κ3) is 1.63. The van der Waals surface area contributed by atoms with Gasteiger partial charge in [-0.25, -0.2) is 0 Å². The van der Waals surface area contributed by atoms with E-state index >= 15 is 0 Å². The molecule has 1 aliphatic carbocycles. The topological polar surface area (TPSA) is 9.23 Å². The summed E-state index contributed by atoms with van der Waals surface area (Å²) in [6, 6.07) is 0. The molecule has 0 amide bonds. The lowest BCUT2D eigenvalue weighted by molar-refractivity contribution is 0.150. The van der Waals surface area contributed by atoms with Gasteiger partial charge in [-0.2, -0.15) is 0 Å². The molecule has 0 heterocycles. The Morgan fingerprint density at radius 3 is 2.90 bits per heavy atom. The Morgan fingerprint density at radius 2 is 2.30 bits per heavy atom. The fraction of sp³-hybridized carbons (Fsp3) is 0.556. The molecule has 0 aliphatic heterocycles. The van der Waals surface area contributed by atoms with Crippen molar-refractivity contribution in [3.05, 3.63) is 25.0 Å². The summed E-state index contributed by atoms with van der Waals surface area (Å²) in [6.07, 6.45) is 6.55. The highest BCUT2D eigenvalue weighted by Gasteiger charge is 2.16. The van der Waals surface area contributed by atoms with Crippen LogP contribution in [0.1, 0.15) is 25.7 Å². The fourth-order valence-electron chi connectivity index (χ4n) is 1.33. The lowest BCUT2D eigenvalue weighted by Crippen LogP contribution is -2.16. The Bertz CT molecular complexity index is 138. The number of hydrogen-bond acceptors (Lipinski definition) is 1. The van der Waals surface area contributed by atoms with Gasteiger partial charge in [-0.3, -0.25) is 0 Å². The molecule has 0 aromatic rings. The van der Waals surface area contributed by atoms with Gasteiger partial charge in [0.1, 0.15) is 6.10 Å². The summed E-state index contributed by atoms with van der Waals surface area (Å²) in [7, 11) is 0. The maximum atomic E-state index is 5.26. The predicted octanol–water partition coefficient (Wildman–Crippen LogP) is 2.65. The zero-order valence-electron chi connectivity index (χ0n) is 6.31. The Balaban J connectivity index is 2.39. The summed E-state index contributed by atoms with van der Waals surface area (Å²) >= 11 is 0. The highest BCUT2D eigenvalue weighted by molar-refractivity contribution is 5.05. The summed E-state index contributed by atoms with van der Waals surface area (Å²) in [4.78, 5) is 0. The molecule has 0 aromatic carbocycles. The average molecular weight is 138 g/mol. The largest absolute Gasteiger partial charge is 0.494 e. The fourth-order valence-corrected chi connectivity index (χ4v) is 1.33.